The van der Waals surface area contributed by atoms with E-state index in [9.17, 15) is 24.6 Å². The SMILES string of the molecule is CNC(=S)Nc1nc(C(O)C(=O)NC2C(=O)N3CC(CSc4nnnn4C)(C(=O)O)CS[C@H]23)cs1. The fourth-order valence-corrected chi connectivity index (χ4v) is 7.05. The third-order valence-corrected chi connectivity index (χ3v) is 9.42. The molecule has 4 heterocycles. The lowest BCUT2D eigenvalue weighted by Crippen LogP contribution is -2.74. The van der Waals surface area contributed by atoms with Gasteiger partial charge in [0.1, 0.15) is 16.8 Å². The van der Waals surface area contributed by atoms with Crippen molar-refractivity contribution >= 4 is 75.1 Å². The molecule has 0 aromatic carbocycles. The molecule has 14 nitrogen and oxygen atoms in total. The van der Waals surface area contributed by atoms with Crippen LogP contribution in [0.2, 0.25) is 0 Å². The molecule has 35 heavy (non-hydrogen) atoms. The number of fused-ring (bicyclic) bond motifs is 1. The molecule has 0 bridgehead atoms. The lowest BCUT2D eigenvalue weighted by atomic mass is 9.89. The van der Waals surface area contributed by atoms with Gasteiger partial charge in [-0.15, -0.1) is 28.2 Å². The van der Waals surface area contributed by atoms with Crippen molar-refractivity contribution in [1.82, 2.24) is 40.7 Å². The molecule has 4 atom stereocenters. The third kappa shape index (κ3) is 5.06. The lowest BCUT2D eigenvalue weighted by Gasteiger charge is -2.53. The number of nitrogens with one attached hydrogen (secondary N) is 3. The Labute approximate surface area is 216 Å². The summed E-state index contributed by atoms with van der Waals surface area (Å²) in [6.45, 7) is -0.00146. The molecule has 0 spiro atoms. The molecular weight excluding hydrogens is 539 g/mol. The van der Waals surface area contributed by atoms with Crippen LogP contribution in [-0.2, 0) is 21.4 Å². The topological polar surface area (TPSA) is 187 Å². The molecule has 2 amide bonds. The number of nitrogens with zero attached hydrogens (tertiary/aromatic N) is 6. The van der Waals surface area contributed by atoms with E-state index < -0.39 is 40.7 Å². The number of carboxylic acid groups (broad SMARTS) is 1. The highest BCUT2D eigenvalue weighted by atomic mass is 32.2. The van der Waals surface area contributed by atoms with Gasteiger partial charge in [-0.2, -0.15) is 0 Å². The van der Waals surface area contributed by atoms with Crippen molar-refractivity contribution in [3.8, 4) is 0 Å². The normalized spacial score (nSPS) is 24.2. The van der Waals surface area contributed by atoms with Gasteiger partial charge in [0, 0.05) is 37.5 Å². The lowest BCUT2D eigenvalue weighted by molar-refractivity contribution is -0.158. The first-order chi connectivity index (χ1) is 16.6. The zero-order valence-corrected chi connectivity index (χ0v) is 21.6. The predicted molar refractivity (Wildman–Crippen MR) is 132 cm³/mol. The van der Waals surface area contributed by atoms with Crippen LogP contribution in [-0.4, -0.2) is 99.7 Å². The Morgan fingerprint density at radius 1 is 1.46 bits per heavy atom. The molecule has 2 aliphatic heterocycles. The number of thiazole rings is 1. The van der Waals surface area contributed by atoms with E-state index >= 15 is 0 Å². The molecule has 18 heteroatoms. The van der Waals surface area contributed by atoms with Crippen LogP contribution in [0, 0.1) is 5.41 Å². The zero-order chi connectivity index (χ0) is 25.3. The van der Waals surface area contributed by atoms with E-state index in [1.165, 1.54) is 38.5 Å². The first-order valence-electron chi connectivity index (χ1n) is 10.1. The number of carbonyl (C=O) groups is 3. The predicted octanol–water partition coefficient (Wildman–Crippen LogP) is -1.12. The van der Waals surface area contributed by atoms with Gasteiger partial charge < -0.3 is 31.1 Å². The molecule has 3 unspecified atom stereocenters. The van der Waals surface area contributed by atoms with Gasteiger partial charge in [0.15, 0.2) is 16.3 Å². The number of thioether (sulfide) groups is 2. The summed E-state index contributed by atoms with van der Waals surface area (Å²) in [5, 5.41) is 41.9. The molecule has 0 saturated carbocycles. The number of rotatable bonds is 8. The second-order valence-electron chi connectivity index (χ2n) is 7.80. The monoisotopic (exact) mass is 559 g/mol. The summed E-state index contributed by atoms with van der Waals surface area (Å²) >= 11 is 8.64. The molecule has 4 rings (SSSR count). The molecule has 2 saturated heterocycles. The van der Waals surface area contributed by atoms with E-state index in [2.05, 4.69) is 36.5 Å². The Hall–Kier alpha value is -2.54. The highest BCUT2D eigenvalue weighted by Crippen LogP contribution is 2.44. The average Bonchev–Trinajstić information content (AvgIpc) is 3.48. The minimum atomic E-state index is -1.57. The van der Waals surface area contributed by atoms with Gasteiger partial charge in [0.05, 0.1) is 5.69 Å². The minimum absolute atomic E-state index is 0.00146. The number of aromatic nitrogens is 5. The van der Waals surface area contributed by atoms with Crippen molar-refractivity contribution in [2.75, 3.05) is 30.4 Å². The molecule has 0 aliphatic carbocycles. The number of carboxylic acids is 1. The van der Waals surface area contributed by atoms with Gasteiger partial charge in [-0.1, -0.05) is 11.8 Å². The standard InChI is InChI=1S/C17H21N9O5S4/c1-18-14(32)21-15-19-7(3-33-15)9(27)10(28)20-8-11(29)26-4-17(13(30)31,5-34-12(8)26)6-35-16-22-23-24-25(16)2/h3,8-9,12,27H,4-6H2,1-2H3,(H,20,28)(H,30,31)(H2,18,19,21,32)/t8?,9?,12-,17?/m1/s1. The average molecular weight is 560 g/mol. The van der Waals surface area contributed by atoms with Gasteiger partial charge >= 0.3 is 5.97 Å². The van der Waals surface area contributed by atoms with Crippen LogP contribution in [0.4, 0.5) is 5.13 Å². The Morgan fingerprint density at radius 3 is 2.89 bits per heavy atom. The molecule has 188 valence electrons. The van der Waals surface area contributed by atoms with Crippen LogP contribution in [0.5, 0.6) is 0 Å². The number of tetrazole rings is 1. The number of aliphatic carboxylic acids is 1. The highest BCUT2D eigenvalue weighted by Gasteiger charge is 2.57. The zero-order valence-electron chi connectivity index (χ0n) is 18.4. The van der Waals surface area contributed by atoms with Crippen LogP contribution < -0.4 is 16.0 Å². The van der Waals surface area contributed by atoms with Crippen LogP contribution in [0.25, 0.3) is 0 Å². The summed E-state index contributed by atoms with van der Waals surface area (Å²) in [5.41, 5.74) is -1.08. The first-order valence-corrected chi connectivity index (χ1v) is 13.4. The Morgan fingerprint density at radius 2 is 2.23 bits per heavy atom. The van der Waals surface area contributed by atoms with Crippen LogP contribution in [0.15, 0.2) is 10.5 Å². The molecule has 0 radical (unpaired) electrons. The summed E-state index contributed by atoms with van der Waals surface area (Å²) in [5.74, 6) is -1.79. The Kier molecular flexibility index (Phi) is 7.46. The van der Waals surface area contributed by atoms with Crippen molar-refractivity contribution in [1.29, 1.82) is 0 Å². The van der Waals surface area contributed by atoms with Gasteiger partial charge in [0.2, 0.25) is 11.1 Å². The summed E-state index contributed by atoms with van der Waals surface area (Å²) in [6, 6.07) is -0.863. The van der Waals surface area contributed by atoms with Crippen molar-refractivity contribution in [2.24, 2.45) is 12.5 Å². The van der Waals surface area contributed by atoms with Crippen molar-refractivity contribution in [3.05, 3.63) is 11.1 Å². The number of aryl methyl sites for hydroxylation is 1. The van der Waals surface area contributed by atoms with Gasteiger partial charge in [-0.25, -0.2) is 9.67 Å². The number of carbonyl (C=O) groups excluding carboxylic acids is 2. The summed E-state index contributed by atoms with van der Waals surface area (Å²) in [4.78, 5) is 43.1. The number of thiocarbonyl (C=S) groups is 1. The largest absolute Gasteiger partial charge is 0.481 e. The fraction of sp³-hybridized carbons (Fsp3) is 0.529. The smallest absolute Gasteiger partial charge is 0.313 e. The second-order valence-corrected chi connectivity index (χ2v) is 11.1. The fourth-order valence-electron chi connectivity index (χ4n) is 3.45. The molecule has 2 fully saturated rings. The van der Waals surface area contributed by atoms with E-state index in [1.807, 2.05) is 0 Å². The maximum absolute atomic E-state index is 12.8. The number of hydrogen-bond donors (Lipinski definition) is 5. The van der Waals surface area contributed by atoms with Crippen LogP contribution in [0.1, 0.15) is 11.8 Å². The molecule has 5 N–H and O–H groups in total. The Balaban J connectivity index is 1.36. The van der Waals surface area contributed by atoms with E-state index in [4.69, 9.17) is 12.2 Å². The maximum Gasteiger partial charge on any atom is 0.313 e. The van der Waals surface area contributed by atoms with E-state index in [0.29, 0.717) is 15.4 Å². The van der Waals surface area contributed by atoms with Crippen LogP contribution in [0.3, 0.4) is 0 Å². The number of aliphatic hydroxyl groups is 1. The van der Waals surface area contributed by atoms with E-state index in [0.717, 1.165) is 11.3 Å². The quantitative estimate of drug-likeness (QED) is 0.149. The minimum Gasteiger partial charge on any atom is -0.481 e. The number of hydrogen-bond acceptors (Lipinski definition) is 12. The number of aliphatic hydroxyl groups excluding tert-OH is 1. The highest BCUT2D eigenvalue weighted by molar-refractivity contribution is 8.00. The first kappa shape index (κ1) is 25.5. The Bertz CT molecular complexity index is 1160. The number of anilines is 1. The molecular formula is C17H21N9O5S4. The molecule has 2 aromatic rings. The van der Waals surface area contributed by atoms with E-state index in [-0.39, 0.29) is 23.7 Å². The van der Waals surface area contributed by atoms with Crippen LogP contribution >= 0.6 is 47.1 Å². The summed E-state index contributed by atoms with van der Waals surface area (Å²) in [6.07, 6.45) is -1.57. The van der Waals surface area contributed by atoms with Crippen molar-refractivity contribution in [2.45, 2.75) is 22.7 Å². The molecule has 2 aromatic heterocycles. The number of β-lactam (4-membered cyclic amide) rings is 1. The van der Waals surface area contributed by atoms with E-state index in [1.54, 1.807) is 14.1 Å². The summed E-state index contributed by atoms with van der Waals surface area (Å²) < 4.78 is 1.45. The second kappa shape index (κ2) is 10.2. The van der Waals surface area contributed by atoms with Crippen molar-refractivity contribution < 1.29 is 24.6 Å². The van der Waals surface area contributed by atoms with Gasteiger partial charge in [-0.05, 0) is 22.6 Å². The third-order valence-electron chi connectivity index (χ3n) is 5.45. The van der Waals surface area contributed by atoms with Gasteiger partial charge in [-0.3, -0.25) is 14.4 Å². The number of amides is 2. The van der Waals surface area contributed by atoms with Crippen molar-refractivity contribution in [3.63, 3.8) is 0 Å². The maximum atomic E-state index is 12.8. The molecule has 2 aliphatic rings. The summed E-state index contributed by atoms with van der Waals surface area (Å²) in [7, 11) is 3.30. The van der Waals surface area contributed by atoms with Gasteiger partial charge in [0.25, 0.3) is 5.91 Å².